The Balaban J connectivity index is 3.48. The third kappa shape index (κ3) is 55.1. The number of rotatable bonds is 57. The first-order valence-corrected chi connectivity index (χ1v) is 30.9. The summed E-state index contributed by atoms with van der Waals surface area (Å²) in [6.45, 7) is 4.90. The van der Waals surface area contributed by atoms with Crippen molar-refractivity contribution in [2.45, 2.75) is 334 Å². The summed E-state index contributed by atoms with van der Waals surface area (Å²) in [6, 6.07) is -0.550. The van der Waals surface area contributed by atoms with Crippen molar-refractivity contribution in [1.29, 1.82) is 0 Å². The van der Waals surface area contributed by atoms with Crippen LogP contribution in [-0.2, 0) is 14.3 Å². The Kier molecular flexibility index (Phi) is 57.5. The summed E-state index contributed by atoms with van der Waals surface area (Å²) in [6.07, 6.45) is 75.4. The molecule has 0 aliphatic heterocycles. The summed E-state index contributed by atoms with van der Waals surface area (Å²) in [7, 11) is 0. The van der Waals surface area contributed by atoms with Crippen molar-refractivity contribution in [2.24, 2.45) is 0 Å². The predicted octanol–water partition coefficient (Wildman–Crippen LogP) is 19.4. The van der Waals surface area contributed by atoms with E-state index in [2.05, 4.69) is 67.8 Å². The molecule has 0 rings (SSSR count). The Morgan fingerprint density at radius 1 is 0.414 bits per heavy atom. The number of allylic oxidation sites excluding steroid dienone is 8. The number of ether oxygens (including phenoxy) is 1. The summed E-state index contributed by atoms with van der Waals surface area (Å²) >= 11 is 0. The number of unbranched alkanes of at least 4 members (excludes halogenated alkanes) is 39. The number of carbonyl (C=O) groups is 2. The molecule has 0 aliphatic carbocycles. The lowest BCUT2D eigenvalue weighted by atomic mass is 10.0. The highest BCUT2D eigenvalue weighted by Gasteiger charge is 2.20. The number of hydrogen-bond donors (Lipinski definition) is 3. The van der Waals surface area contributed by atoms with E-state index in [1.165, 1.54) is 212 Å². The molecule has 2 unspecified atom stereocenters. The van der Waals surface area contributed by atoms with Crippen LogP contribution in [0, 0.1) is 0 Å². The van der Waals surface area contributed by atoms with Gasteiger partial charge in [-0.3, -0.25) is 9.59 Å². The predicted molar refractivity (Wildman–Crippen MR) is 306 cm³/mol. The molecule has 0 aromatic rings. The van der Waals surface area contributed by atoms with Crippen LogP contribution in [0.4, 0.5) is 0 Å². The highest BCUT2D eigenvalue weighted by atomic mass is 16.5. The molecular weight excluding hydrogens is 863 g/mol. The molecule has 2 atom stereocenters. The second-order valence-corrected chi connectivity index (χ2v) is 21.1. The minimum absolute atomic E-state index is 0.0208. The van der Waals surface area contributed by atoms with Crippen LogP contribution < -0.4 is 5.32 Å². The fourth-order valence-electron chi connectivity index (χ4n) is 9.37. The average Bonchev–Trinajstić information content (AvgIpc) is 3.36. The standard InChI is InChI=1S/C64H119NO5/c1-3-5-7-9-11-13-15-17-19-21-26-30-34-38-42-46-50-54-58-64(69)70-59-55-51-47-43-39-35-31-27-24-22-23-25-29-33-37-41-45-49-53-57-63(68)65-61(60-66)62(67)56-52-48-44-40-36-32-28-20-18-16-14-12-10-8-6-4-2/h13,15,19,21,27,31,35,39,61-62,66-67H,3-12,14,16-18,20,22-26,28-30,32-34,36-38,40-60H2,1-2H3,(H,65,68)/b15-13-,21-19-,31-27-,39-35-. The molecule has 0 aromatic heterocycles. The van der Waals surface area contributed by atoms with Gasteiger partial charge in [0, 0.05) is 12.8 Å². The van der Waals surface area contributed by atoms with E-state index in [-0.39, 0.29) is 18.5 Å². The van der Waals surface area contributed by atoms with Crippen LogP contribution in [0.15, 0.2) is 48.6 Å². The van der Waals surface area contributed by atoms with Gasteiger partial charge in [-0.2, -0.15) is 0 Å². The van der Waals surface area contributed by atoms with E-state index in [1.807, 2.05) is 0 Å². The molecule has 1 amide bonds. The van der Waals surface area contributed by atoms with Crippen molar-refractivity contribution in [2.75, 3.05) is 13.2 Å². The molecule has 0 bridgehead atoms. The van der Waals surface area contributed by atoms with Crippen LogP contribution in [-0.4, -0.2) is 47.4 Å². The zero-order valence-corrected chi connectivity index (χ0v) is 46.7. The number of hydrogen-bond acceptors (Lipinski definition) is 5. The third-order valence-electron chi connectivity index (χ3n) is 14.1. The largest absolute Gasteiger partial charge is 0.466 e. The second kappa shape index (κ2) is 59.4. The van der Waals surface area contributed by atoms with Gasteiger partial charge in [-0.15, -0.1) is 0 Å². The molecule has 6 heteroatoms. The Morgan fingerprint density at radius 2 is 0.757 bits per heavy atom. The number of nitrogens with one attached hydrogen (secondary N) is 1. The summed E-state index contributed by atoms with van der Waals surface area (Å²) in [5.74, 6) is -0.0648. The molecule has 0 fully saturated rings. The number of amides is 1. The van der Waals surface area contributed by atoms with E-state index in [9.17, 15) is 19.8 Å². The van der Waals surface area contributed by atoms with Gasteiger partial charge in [-0.25, -0.2) is 0 Å². The first-order valence-electron chi connectivity index (χ1n) is 30.9. The molecule has 70 heavy (non-hydrogen) atoms. The van der Waals surface area contributed by atoms with Gasteiger partial charge >= 0.3 is 5.97 Å². The number of carbonyl (C=O) groups excluding carboxylic acids is 2. The average molecular weight is 983 g/mol. The molecular formula is C64H119NO5. The SMILES string of the molecule is CCCCCC/C=C\C/C=C\CCCCCCCCCC(=O)OCCCCC/C=C\C=C/CCCCCCCCCCCCC(=O)NC(CO)C(O)CCCCCCCCCCCCCCCCCC. The summed E-state index contributed by atoms with van der Waals surface area (Å²) in [5.41, 5.74) is 0. The lowest BCUT2D eigenvalue weighted by molar-refractivity contribution is -0.143. The Hall–Kier alpha value is -2.18. The van der Waals surface area contributed by atoms with Crippen molar-refractivity contribution >= 4 is 11.9 Å². The minimum atomic E-state index is -0.672. The Labute approximate surface area is 436 Å². The minimum Gasteiger partial charge on any atom is -0.466 e. The first-order chi connectivity index (χ1) is 34.5. The van der Waals surface area contributed by atoms with Crippen molar-refractivity contribution < 1.29 is 24.5 Å². The zero-order chi connectivity index (χ0) is 50.7. The van der Waals surface area contributed by atoms with E-state index in [0.717, 1.165) is 77.0 Å². The van der Waals surface area contributed by atoms with E-state index in [0.29, 0.717) is 25.9 Å². The molecule has 6 nitrogen and oxygen atoms in total. The molecule has 0 saturated heterocycles. The van der Waals surface area contributed by atoms with Gasteiger partial charge in [-0.05, 0) is 89.9 Å². The lowest BCUT2D eigenvalue weighted by Gasteiger charge is -2.22. The fourth-order valence-corrected chi connectivity index (χ4v) is 9.37. The van der Waals surface area contributed by atoms with Gasteiger partial charge in [-0.1, -0.05) is 268 Å². The monoisotopic (exact) mass is 982 g/mol. The van der Waals surface area contributed by atoms with Crippen LogP contribution in [0.5, 0.6) is 0 Å². The van der Waals surface area contributed by atoms with E-state index in [4.69, 9.17) is 4.74 Å². The van der Waals surface area contributed by atoms with Gasteiger partial charge in [0.05, 0.1) is 25.4 Å². The van der Waals surface area contributed by atoms with Gasteiger partial charge in [0.1, 0.15) is 0 Å². The maximum absolute atomic E-state index is 12.5. The van der Waals surface area contributed by atoms with E-state index >= 15 is 0 Å². The van der Waals surface area contributed by atoms with Crippen molar-refractivity contribution in [1.82, 2.24) is 5.32 Å². The molecule has 0 aromatic carbocycles. The van der Waals surface area contributed by atoms with Crippen molar-refractivity contribution in [3.63, 3.8) is 0 Å². The molecule has 0 heterocycles. The molecule has 3 N–H and O–H groups in total. The summed E-state index contributed by atoms with van der Waals surface area (Å²) < 4.78 is 5.46. The molecule has 0 saturated carbocycles. The van der Waals surface area contributed by atoms with Gasteiger partial charge in [0.2, 0.25) is 5.91 Å². The van der Waals surface area contributed by atoms with Crippen LogP contribution in [0.25, 0.3) is 0 Å². The molecule has 0 radical (unpaired) electrons. The van der Waals surface area contributed by atoms with E-state index in [1.54, 1.807) is 0 Å². The quantitative estimate of drug-likeness (QED) is 0.0244. The van der Waals surface area contributed by atoms with Gasteiger partial charge in [0.15, 0.2) is 0 Å². The summed E-state index contributed by atoms with van der Waals surface area (Å²) in [4.78, 5) is 24.6. The maximum Gasteiger partial charge on any atom is 0.305 e. The van der Waals surface area contributed by atoms with Crippen LogP contribution in [0.1, 0.15) is 322 Å². The van der Waals surface area contributed by atoms with Gasteiger partial charge in [0.25, 0.3) is 0 Å². The molecule has 0 spiro atoms. The van der Waals surface area contributed by atoms with Crippen molar-refractivity contribution in [3.05, 3.63) is 48.6 Å². The van der Waals surface area contributed by atoms with E-state index < -0.39 is 12.1 Å². The smallest absolute Gasteiger partial charge is 0.305 e. The van der Waals surface area contributed by atoms with Crippen molar-refractivity contribution in [3.8, 4) is 0 Å². The normalized spacial score (nSPS) is 12.9. The highest BCUT2D eigenvalue weighted by molar-refractivity contribution is 5.76. The number of esters is 1. The Morgan fingerprint density at radius 3 is 1.19 bits per heavy atom. The highest BCUT2D eigenvalue weighted by Crippen LogP contribution is 2.17. The summed E-state index contributed by atoms with van der Waals surface area (Å²) in [5, 5.41) is 23.3. The maximum atomic E-state index is 12.5. The zero-order valence-electron chi connectivity index (χ0n) is 46.7. The Bertz CT molecular complexity index is 1180. The molecule has 0 aliphatic rings. The van der Waals surface area contributed by atoms with Crippen LogP contribution >= 0.6 is 0 Å². The first kappa shape index (κ1) is 67.8. The van der Waals surface area contributed by atoms with Crippen LogP contribution in [0.2, 0.25) is 0 Å². The second-order valence-electron chi connectivity index (χ2n) is 21.1. The van der Waals surface area contributed by atoms with Gasteiger partial charge < -0.3 is 20.3 Å². The lowest BCUT2D eigenvalue weighted by Crippen LogP contribution is -2.45. The molecule has 410 valence electrons. The fraction of sp³-hybridized carbons (Fsp3) is 0.844. The number of aliphatic hydroxyl groups excluding tert-OH is 2. The topological polar surface area (TPSA) is 95.9 Å². The third-order valence-corrected chi connectivity index (χ3v) is 14.1. The van der Waals surface area contributed by atoms with Crippen LogP contribution in [0.3, 0.4) is 0 Å². The number of aliphatic hydroxyl groups is 2.